The van der Waals surface area contributed by atoms with Crippen LogP contribution in [0.15, 0.2) is 52.8 Å². The fraction of sp³-hybridized carbons (Fsp3) is 0.333. The number of ketones is 1. The standard InChI is InChI=1S/C21H22N4O3S/c26-17(18-4-3-13-29-18)6-7-20(27)24-11-9-23(10-12-24)15-16-14-21(28)25-8-2-1-5-19(25)22-16/h1-5,8,13-14H,6-7,9-12,15H2. The highest BCUT2D eigenvalue weighted by atomic mass is 32.1. The number of pyridine rings is 1. The van der Waals surface area contributed by atoms with Crippen molar-refractivity contribution in [3.63, 3.8) is 0 Å². The number of amides is 1. The highest BCUT2D eigenvalue weighted by molar-refractivity contribution is 7.12. The molecule has 0 unspecified atom stereocenters. The van der Waals surface area contributed by atoms with Crippen molar-refractivity contribution >= 4 is 28.7 Å². The summed E-state index contributed by atoms with van der Waals surface area (Å²) < 4.78 is 1.53. The summed E-state index contributed by atoms with van der Waals surface area (Å²) in [6, 6.07) is 10.7. The Kier molecular flexibility index (Phi) is 5.82. The summed E-state index contributed by atoms with van der Waals surface area (Å²) in [6.45, 7) is 3.28. The first-order valence-corrected chi connectivity index (χ1v) is 10.5. The van der Waals surface area contributed by atoms with E-state index in [-0.39, 0.29) is 30.1 Å². The van der Waals surface area contributed by atoms with Crippen molar-refractivity contribution in [3.8, 4) is 0 Å². The number of piperazine rings is 1. The van der Waals surface area contributed by atoms with Gasteiger partial charge < -0.3 is 4.90 Å². The molecule has 0 atom stereocenters. The third-order valence-corrected chi connectivity index (χ3v) is 6.01. The van der Waals surface area contributed by atoms with Gasteiger partial charge in [0.1, 0.15) is 5.65 Å². The van der Waals surface area contributed by atoms with Crippen molar-refractivity contribution < 1.29 is 9.59 Å². The second-order valence-corrected chi connectivity index (χ2v) is 8.02. The van der Waals surface area contributed by atoms with Gasteiger partial charge in [-0.25, -0.2) is 4.98 Å². The Bertz CT molecular complexity index is 1070. The molecule has 3 aromatic heterocycles. The maximum Gasteiger partial charge on any atom is 0.258 e. The normalized spacial score (nSPS) is 15.0. The lowest BCUT2D eigenvalue weighted by Crippen LogP contribution is -2.48. The van der Waals surface area contributed by atoms with Gasteiger partial charge in [0.2, 0.25) is 5.91 Å². The number of hydrogen-bond donors (Lipinski definition) is 0. The Morgan fingerprint density at radius 3 is 2.62 bits per heavy atom. The molecule has 1 amide bonds. The third-order valence-electron chi connectivity index (χ3n) is 5.10. The Morgan fingerprint density at radius 1 is 1.03 bits per heavy atom. The first-order valence-electron chi connectivity index (χ1n) is 9.64. The van der Waals surface area contributed by atoms with E-state index in [1.165, 1.54) is 15.7 Å². The molecule has 0 aliphatic carbocycles. The van der Waals surface area contributed by atoms with Crippen LogP contribution < -0.4 is 5.56 Å². The maximum absolute atomic E-state index is 12.4. The van der Waals surface area contributed by atoms with Gasteiger partial charge in [0.05, 0.1) is 10.6 Å². The van der Waals surface area contributed by atoms with Crippen LogP contribution >= 0.6 is 11.3 Å². The molecule has 0 spiro atoms. The molecule has 4 rings (SSSR count). The first-order chi connectivity index (χ1) is 14.1. The predicted octanol–water partition coefficient (Wildman–Crippen LogP) is 2.06. The third kappa shape index (κ3) is 4.60. The fourth-order valence-corrected chi connectivity index (χ4v) is 4.20. The van der Waals surface area contributed by atoms with Crippen LogP contribution in [0.1, 0.15) is 28.2 Å². The topological polar surface area (TPSA) is 75.0 Å². The zero-order valence-electron chi connectivity index (χ0n) is 16.0. The summed E-state index contributed by atoms with van der Waals surface area (Å²) in [6.07, 6.45) is 2.21. The van der Waals surface area contributed by atoms with E-state index < -0.39 is 0 Å². The number of rotatable bonds is 6. The van der Waals surface area contributed by atoms with Crippen LogP contribution in [-0.2, 0) is 11.3 Å². The molecule has 29 heavy (non-hydrogen) atoms. The molecular weight excluding hydrogens is 388 g/mol. The number of thiophene rings is 1. The molecular formula is C21H22N4O3S. The van der Waals surface area contributed by atoms with Gasteiger partial charge in [-0.3, -0.25) is 23.7 Å². The van der Waals surface area contributed by atoms with Crippen LogP contribution in [0, 0.1) is 0 Å². The van der Waals surface area contributed by atoms with Crippen molar-refractivity contribution in [2.45, 2.75) is 19.4 Å². The van der Waals surface area contributed by atoms with Gasteiger partial charge in [0.15, 0.2) is 5.78 Å². The van der Waals surface area contributed by atoms with Gasteiger partial charge in [-0.15, -0.1) is 11.3 Å². The van der Waals surface area contributed by atoms with Crippen molar-refractivity contribution in [2.75, 3.05) is 26.2 Å². The van der Waals surface area contributed by atoms with E-state index in [1.807, 2.05) is 28.5 Å². The largest absolute Gasteiger partial charge is 0.340 e. The minimum Gasteiger partial charge on any atom is -0.340 e. The summed E-state index contributed by atoms with van der Waals surface area (Å²) in [5.74, 6) is 0.0530. The van der Waals surface area contributed by atoms with E-state index in [9.17, 15) is 14.4 Å². The van der Waals surface area contributed by atoms with Crippen LogP contribution in [0.3, 0.4) is 0 Å². The predicted molar refractivity (Wildman–Crippen MR) is 111 cm³/mol. The van der Waals surface area contributed by atoms with Gasteiger partial charge >= 0.3 is 0 Å². The highest BCUT2D eigenvalue weighted by Gasteiger charge is 2.22. The molecule has 1 saturated heterocycles. The lowest BCUT2D eigenvalue weighted by atomic mass is 10.1. The van der Waals surface area contributed by atoms with Crippen LogP contribution in [-0.4, -0.2) is 57.1 Å². The Morgan fingerprint density at radius 2 is 1.86 bits per heavy atom. The summed E-state index contributed by atoms with van der Waals surface area (Å²) in [4.78, 5) is 46.0. The smallest absolute Gasteiger partial charge is 0.258 e. The highest BCUT2D eigenvalue weighted by Crippen LogP contribution is 2.14. The SMILES string of the molecule is O=C(CCC(=O)N1CCN(Cc2cc(=O)n3ccccc3n2)CC1)c1cccs1. The zero-order valence-corrected chi connectivity index (χ0v) is 16.8. The second kappa shape index (κ2) is 8.67. The molecule has 7 nitrogen and oxygen atoms in total. The number of fused-ring (bicyclic) bond motifs is 1. The summed E-state index contributed by atoms with van der Waals surface area (Å²) in [5.41, 5.74) is 1.29. The van der Waals surface area contributed by atoms with Crippen LogP contribution in [0.4, 0.5) is 0 Å². The van der Waals surface area contributed by atoms with Crippen LogP contribution in [0.5, 0.6) is 0 Å². The molecule has 1 fully saturated rings. The molecule has 0 bridgehead atoms. The van der Waals surface area contributed by atoms with Gasteiger partial charge in [0, 0.05) is 57.8 Å². The molecule has 4 heterocycles. The Balaban J connectivity index is 1.28. The van der Waals surface area contributed by atoms with Gasteiger partial charge in [-0.2, -0.15) is 0 Å². The van der Waals surface area contributed by atoms with E-state index in [4.69, 9.17) is 0 Å². The fourth-order valence-electron chi connectivity index (χ4n) is 3.51. The molecule has 0 saturated carbocycles. The zero-order chi connectivity index (χ0) is 20.2. The molecule has 1 aliphatic rings. The number of hydrogen-bond acceptors (Lipinski definition) is 6. The van der Waals surface area contributed by atoms with Crippen molar-refractivity contribution in [3.05, 3.63) is 68.9 Å². The lowest BCUT2D eigenvalue weighted by Gasteiger charge is -2.34. The van der Waals surface area contributed by atoms with Gasteiger partial charge in [-0.05, 0) is 23.6 Å². The lowest BCUT2D eigenvalue weighted by molar-refractivity contribution is -0.133. The number of aromatic nitrogens is 2. The number of Topliss-reactive ketones (excluding diaryl/α,β-unsaturated/α-hetero) is 1. The quantitative estimate of drug-likeness (QED) is 0.582. The van der Waals surface area contributed by atoms with Crippen LogP contribution in [0.2, 0.25) is 0 Å². The Labute approximate surface area is 172 Å². The molecule has 0 aromatic carbocycles. The van der Waals surface area contributed by atoms with E-state index in [0.29, 0.717) is 30.2 Å². The molecule has 0 radical (unpaired) electrons. The van der Waals surface area contributed by atoms with E-state index in [0.717, 1.165) is 18.8 Å². The first kappa shape index (κ1) is 19.5. The summed E-state index contributed by atoms with van der Waals surface area (Å²) in [5, 5.41) is 1.87. The molecule has 1 aliphatic heterocycles. The Hall–Kier alpha value is -2.84. The number of carbonyl (C=O) groups excluding carboxylic acids is 2. The average Bonchev–Trinajstić information content (AvgIpc) is 3.27. The minimum absolute atomic E-state index is 0.0247. The van der Waals surface area contributed by atoms with Crippen LogP contribution in [0.25, 0.3) is 5.65 Å². The average molecular weight is 410 g/mol. The molecule has 0 N–H and O–H groups in total. The number of carbonyl (C=O) groups is 2. The molecule has 8 heteroatoms. The monoisotopic (exact) mass is 410 g/mol. The van der Waals surface area contributed by atoms with Crippen molar-refractivity contribution in [1.29, 1.82) is 0 Å². The van der Waals surface area contributed by atoms with Crippen molar-refractivity contribution in [1.82, 2.24) is 19.2 Å². The van der Waals surface area contributed by atoms with E-state index in [1.54, 1.807) is 24.4 Å². The van der Waals surface area contributed by atoms with E-state index >= 15 is 0 Å². The summed E-state index contributed by atoms with van der Waals surface area (Å²) in [7, 11) is 0. The van der Waals surface area contributed by atoms with Crippen molar-refractivity contribution in [2.24, 2.45) is 0 Å². The summed E-state index contributed by atoms with van der Waals surface area (Å²) >= 11 is 1.41. The minimum atomic E-state index is -0.0881. The second-order valence-electron chi connectivity index (χ2n) is 7.07. The van der Waals surface area contributed by atoms with Gasteiger partial charge in [-0.1, -0.05) is 12.1 Å². The van der Waals surface area contributed by atoms with E-state index in [2.05, 4.69) is 9.88 Å². The number of nitrogens with zero attached hydrogens (tertiary/aromatic N) is 4. The van der Waals surface area contributed by atoms with Gasteiger partial charge in [0.25, 0.3) is 5.56 Å². The maximum atomic E-state index is 12.4. The molecule has 150 valence electrons. The molecule has 3 aromatic rings.